The van der Waals surface area contributed by atoms with Gasteiger partial charge in [-0.3, -0.25) is 14.4 Å². The molecule has 0 spiro atoms. The van der Waals surface area contributed by atoms with Crippen LogP contribution in [-0.4, -0.2) is 37.2 Å². The summed E-state index contributed by atoms with van der Waals surface area (Å²) in [5.41, 5.74) is 0. The second kappa shape index (κ2) is 63.3. The van der Waals surface area contributed by atoms with Gasteiger partial charge in [-0.15, -0.1) is 0 Å². The van der Waals surface area contributed by atoms with Crippen LogP contribution in [0.15, 0.2) is 122 Å². The monoisotopic (exact) mass is 1050 g/mol. The molecule has 1 unspecified atom stereocenters. The van der Waals surface area contributed by atoms with Gasteiger partial charge >= 0.3 is 17.9 Å². The zero-order valence-electron chi connectivity index (χ0n) is 49.5. The predicted molar refractivity (Wildman–Crippen MR) is 330 cm³/mol. The van der Waals surface area contributed by atoms with Gasteiger partial charge in [-0.05, 0) is 135 Å². The first-order chi connectivity index (χ1) is 37.5. The normalized spacial score (nSPS) is 12.9. The van der Waals surface area contributed by atoms with Crippen molar-refractivity contribution in [3.8, 4) is 0 Å². The first kappa shape index (κ1) is 71.8. The van der Waals surface area contributed by atoms with Gasteiger partial charge in [-0.1, -0.05) is 251 Å². The van der Waals surface area contributed by atoms with Gasteiger partial charge in [0.2, 0.25) is 0 Å². The lowest BCUT2D eigenvalue weighted by atomic mass is 10.1. The molecule has 1 atom stereocenters. The highest BCUT2D eigenvalue weighted by Gasteiger charge is 2.19. The van der Waals surface area contributed by atoms with Gasteiger partial charge < -0.3 is 14.2 Å². The van der Waals surface area contributed by atoms with Crippen molar-refractivity contribution in [2.75, 3.05) is 13.2 Å². The molecule has 0 aliphatic carbocycles. The first-order valence-corrected chi connectivity index (χ1v) is 31.5. The summed E-state index contributed by atoms with van der Waals surface area (Å²) in [6, 6.07) is 0. The van der Waals surface area contributed by atoms with Crippen LogP contribution in [0.3, 0.4) is 0 Å². The van der Waals surface area contributed by atoms with Crippen molar-refractivity contribution in [2.24, 2.45) is 0 Å². The highest BCUT2D eigenvalue weighted by atomic mass is 16.6. The zero-order chi connectivity index (χ0) is 55.0. The summed E-state index contributed by atoms with van der Waals surface area (Å²) < 4.78 is 16.9. The fourth-order valence-corrected chi connectivity index (χ4v) is 8.45. The van der Waals surface area contributed by atoms with Gasteiger partial charge in [0.05, 0.1) is 0 Å². The minimum atomic E-state index is -0.802. The quantitative estimate of drug-likeness (QED) is 0.0261. The van der Waals surface area contributed by atoms with Crippen LogP contribution in [0.1, 0.15) is 284 Å². The van der Waals surface area contributed by atoms with Gasteiger partial charge in [-0.2, -0.15) is 0 Å². The van der Waals surface area contributed by atoms with Crippen molar-refractivity contribution in [3.63, 3.8) is 0 Å². The number of rotatable bonds is 56. The van der Waals surface area contributed by atoms with Gasteiger partial charge in [0.1, 0.15) is 13.2 Å². The number of hydrogen-bond acceptors (Lipinski definition) is 6. The Morgan fingerprint density at radius 2 is 0.513 bits per heavy atom. The van der Waals surface area contributed by atoms with E-state index < -0.39 is 6.10 Å². The Hall–Kier alpha value is -4.19. The molecule has 6 nitrogen and oxygen atoms in total. The van der Waals surface area contributed by atoms with E-state index in [9.17, 15) is 14.4 Å². The Kier molecular flexibility index (Phi) is 59.9. The lowest BCUT2D eigenvalue weighted by Crippen LogP contribution is -2.30. The zero-order valence-corrected chi connectivity index (χ0v) is 49.5. The van der Waals surface area contributed by atoms with Crippen LogP contribution in [0.25, 0.3) is 0 Å². The molecule has 0 aliphatic rings. The van der Waals surface area contributed by atoms with Crippen LogP contribution in [0.4, 0.5) is 0 Å². The van der Waals surface area contributed by atoms with Crippen LogP contribution in [0, 0.1) is 0 Å². The van der Waals surface area contributed by atoms with E-state index in [2.05, 4.69) is 142 Å². The van der Waals surface area contributed by atoms with Gasteiger partial charge in [0.15, 0.2) is 6.10 Å². The highest BCUT2D eigenvalue weighted by Crippen LogP contribution is 2.15. The van der Waals surface area contributed by atoms with E-state index in [1.54, 1.807) is 0 Å². The molecular formula is C70H116O6. The number of esters is 3. The van der Waals surface area contributed by atoms with Crippen LogP contribution < -0.4 is 0 Å². The van der Waals surface area contributed by atoms with Crippen LogP contribution in [0.2, 0.25) is 0 Å². The summed E-state index contributed by atoms with van der Waals surface area (Å²) in [5, 5.41) is 0. The summed E-state index contributed by atoms with van der Waals surface area (Å²) in [6.07, 6.45) is 87.6. The Balaban J connectivity index is 4.47. The van der Waals surface area contributed by atoms with Gasteiger partial charge in [0, 0.05) is 19.3 Å². The molecule has 0 amide bonds. The van der Waals surface area contributed by atoms with Crippen molar-refractivity contribution in [1.29, 1.82) is 0 Å². The third kappa shape index (κ3) is 60.7. The molecule has 0 radical (unpaired) electrons. The summed E-state index contributed by atoms with van der Waals surface area (Å²) in [7, 11) is 0. The Labute approximate surface area is 469 Å². The Morgan fingerprint density at radius 3 is 0.829 bits per heavy atom. The number of carbonyl (C=O) groups is 3. The maximum Gasteiger partial charge on any atom is 0.306 e. The molecule has 76 heavy (non-hydrogen) atoms. The summed E-state index contributed by atoms with van der Waals surface area (Å²) in [4.78, 5) is 38.3. The van der Waals surface area contributed by atoms with E-state index in [4.69, 9.17) is 14.2 Å². The third-order valence-corrected chi connectivity index (χ3v) is 13.2. The van der Waals surface area contributed by atoms with E-state index in [0.717, 1.165) is 141 Å². The molecule has 0 saturated heterocycles. The van der Waals surface area contributed by atoms with Crippen LogP contribution >= 0.6 is 0 Å². The first-order valence-electron chi connectivity index (χ1n) is 31.5. The molecule has 0 rings (SSSR count). The smallest absolute Gasteiger partial charge is 0.306 e. The Morgan fingerprint density at radius 1 is 0.276 bits per heavy atom. The molecule has 6 heteroatoms. The lowest BCUT2D eigenvalue weighted by Gasteiger charge is -2.18. The molecule has 432 valence electrons. The van der Waals surface area contributed by atoms with E-state index in [0.29, 0.717) is 19.3 Å². The number of hydrogen-bond donors (Lipinski definition) is 0. The number of carbonyl (C=O) groups excluding carboxylic acids is 3. The minimum Gasteiger partial charge on any atom is -0.462 e. The molecule has 0 aromatic rings. The van der Waals surface area contributed by atoms with Crippen molar-refractivity contribution < 1.29 is 28.6 Å². The Bertz CT molecular complexity index is 1590. The predicted octanol–water partition coefficient (Wildman–Crippen LogP) is 21.6. The number of unbranched alkanes of at least 4 members (excludes halogenated alkanes) is 25. The average molecular weight is 1050 g/mol. The second-order valence-corrected chi connectivity index (χ2v) is 20.6. The number of allylic oxidation sites excluding steroid dienone is 20. The SMILES string of the molecule is CC/C=C\C/C=C\C/C=C\C/C=C\C/C=C\C/C=C\CCCCCCC(=O)OCC(COC(=O)CCCCCCC/C=C\C/C=C\CCCCCC)OC(=O)CCCCCCCCCCC/C=C\C/C=C\CCCCC. The van der Waals surface area contributed by atoms with Crippen molar-refractivity contribution in [1.82, 2.24) is 0 Å². The lowest BCUT2D eigenvalue weighted by molar-refractivity contribution is -0.167. The van der Waals surface area contributed by atoms with E-state index in [1.807, 2.05) is 0 Å². The number of ether oxygens (including phenoxy) is 3. The second-order valence-electron chi connectivity index (χ2n) is 20.6. The fourth-order valence-electron chi connectivity index (χ4n) is 8.45. The van der Waals surface area contributed by atoms with E-state index in [1.165, 1.54) is 103 Å². The van der Waals surface area contributed by atoms with Crippen molar-refractivity contribution >= 4 is 17.9 Å². The summed E-state index contributed by atoms with van der Waals surface area (Å²) in [6.45, 7) is 6.46. The highest BCUT2D eigenvalue weighted by molar-refractivity contribution is 5.71. The molecule has 0 N–H and O–H groups in total. The molecular weight excluding hydrogens is 937 g/mol. The molecule has 0 aliphatic heterocycles. The van der Waals surface area contributed by atoms with Crippen molar-refractivity contribution in [2.45, 2.75) is 290 Å². The van der Waals surface area contributed by atoms with Gasteiger partial charge in [-0.25, -0.2) is 0 Å². The van der Waals surface area contributed by atoms with Crippen molar-refractivity contribution in [3.05, 3.63) is 122 Å². The van der Waals surface area contributed by atoms with Crippen LogP contribution in [-0.2, 0) is 28.6 Å². The summed E-state index contributed by atoms with van der Waals surface area (Å²) in [5.74, 6) is -0.936. The molecule has 0 heterocycles. The maximum absolute atomic E-state index is 12.9. The molecule has 0 aromatic carbocycles. The summed E-state index contributed by atoms with van der Waals surface area (Å²) >= 11 is 0. The van der Waals surface area contributed by atoms with Gasteiger partial charge in [0.25, 0.3) is 0 Å². The van der Waals surface area contributed by atoms with E-state index in [-0.39, 0.29) is 31.1 Å². The molecule has 0 fully saturated rings. The van der Waals surface area contributed by atoms with Crippen LogP contribution in [0.5, 0.6) is 0 Å². The standard InChI is InChI=1S/C70H116O6/c1-4-7-10-13-16-19-22-25-28-31-33-34-35-36-38-39-42-45-48-51-54-57-60-63-69(72)75-66-67(65-74-68(71)62-59-56-53-50-47-44-41-30-27-24-21-18-15-12-9-6-3)76-70(73)64-61-58-55-52-49-46-43-40-37-32-29-26-23-20-17-14-11-8-5-2/h7,10,16-17,19-21,24-26,28-30,33-34,36,38,41-42,45,67H,4-6,8-9,11-15,18,22-23,27,31-32,35,37,39-40,43-44,46-66H2,1-3H3/b10-7-,19-16-,20-17-,24-21-,28-25-,29-26-,34-33-,38-36-,41-30-,45-42-. The molecule has 0 aromatic heterocycles. The molecule has 0 saturated carbocycles. The largest absolute Gasteiger partial charge is 0.462 e. The minimum absolute atomic E-state index is 0.0976. The average Bonchev–Trinajstić information content (AvgIpc) is 3.42. The maximum atomic E-state index is 12.9. The third-order valence-electron chi connectivity index (χ3n) is 13.2. The molecule has 0 bridgehead atoms. The van der Waals surface area contributed by atoms with E-state index >= 15 is 0 Å². The fraction of sp³-hybridized carbons (Fsp3) is 0.671. The topological polar surface area (TPSA) is 78.9 Å².